The number of anilines is 1. The van der Waals surface area contributed by atoms with Gasteiger partial charge < -0.3 is 15.4 Å². The number of para-hydroxylation sites is 1. The molecule has 0 bridgehead atoms. The molecule has 0 fully saturated rings. The van der Waals surface area contributed by atoms with Gasteiger partial charge in [-0.25, -0.2) is 4.98 Å². The van der Waals surface area contributed by atoms with Gasteiger partial charge in [-0.2, -0.15) is 0 Å². The van der Waals surface area contributed by atoms with Crippen LogP contribution in [0, 0.1) is 0 Å². The molecule has 1 aromatic heterocycles. The molecule has 28 heavy (non-hydrogen) atoms. The van der Waals surface area contributed by atoms with E-state index in [2.05, 4.69) is 25.8 Å². The first-order chi connectivity index (χ1) is 13.6. The van der Waals surface area contributed by atoms with E-state index in [4.69, 9.17) is 16.3 Å². The van der Waals surface area contributed by atoms with Crippen molar-refractivity contribution in [1.82, 2.24) is 20.5 Å². The highest BCUT2D eigenvalue weighted by atomic mass is 35.5. The number of ether oxygens (including phenoxy) is 1. The summed E-state index contributed by atoms with van der Waals surface area (Å²) >= 11 is 6.09. The van der Waals surface area contributed by atoms with Gasteiger partial charge in [-0.1, -0.05) is 48.0 Å². The molecule has 142 valence electrons. The molecule has 2 amide bonds. The fourth-order valence-corrected chi connectivity index (χ4v) is 3.01. The number of carbonyl (C=O) groups excluding carboxylic acids is 2. The van der Waals surface area contributed by atoms with Crippen LogP contribution in [0.1, 0.15) is 22.0 Å². The molecular weight excluding hydrogens is 382 g/mol. The van der Waals surface area contributed by atoms with Crippen LogP contribution < -0.4 is 15.4 Å². The molecule has 1 aliphatic rings. The third-order valence-electron chi connectivity index (χ3n) is 4.20. The van der Waals surface area contributed by atoms with E-state index < -0.39 is 17.9 Å². The second-order valence-electron chi connectivity index (χ2n) is 6.21. The molecular formula is C19H16ClN5O3. The molecule has 3 N–H and O–H groups in total. The molecule has 2 heterocycles. The summed E-state index contributed by atoms with van der Waals surface area (Å²) in [4.78, 5) is 29.1. The third-order valence-corrected chi connectivity index (χ3v) is 4.52. The number of hydrogen-bond donors (Lipinski definition) is 3. The van der Waals surface area contributed by atoms with Crippen molar-refractivity contribution >= 4 is 29.1 Å². The van der Waals surface area contributed by atoms with Gasteiger partial charge in [-0.3, -0.25) is 14.7 Å². The first-order valence-electron chi connectivity index (χ1n) is 8.58. The Bertz CT molecular complexity index is 1020. The molecule has 0 saturated heterocycles. The minimum absolute atomic E-state index is 0.0355. The number of carbonyl (C=O) groups is 2. The van der Waals surface area contributed by atoms with E-state index in [0.717, 1.165) is 5.56 Å². The Labute approximate surface area is 165 Å². The lowest BCUT2D eigenvalue weighted by Gasteiger charge is -2.13. The lowest BCUT2D eigenvalue weighted by Crippen LogP contribution is -2.46. The first kappa shape index (κ1) is 18.0. The maximum Gasteiger partial charge on any atom is 0.291 e. The van der Waals surface area contributed by atoms with Crippen molar-refractivity contribution < 1.29 is 14.3 Å². The number of benzene rings is 2. The molecule has 8 nitrogen and oxygen atoms in total. The normalized spacial score (nSPS) is 15.8. The van der Waals surface area contributed by atoms with Gasteiger partial charge in [-0.15, -0.1) is 5.10 Å². The smallest absolute Gasteiger partial charge is 0.291 e. The van der Waals surface area contributed by atoms with E-state index >= 15 is 0 Å². The largest absolute Gasteiger partial charge is 0.489 e. The number of nitrogens with one attached hydrogen (secondary N) is 3. The number of amides is 2. The van der Waals surface area contributed by atoms with Crippen molar-refractivity contribution in [2.45, 2.75) is 12.5 Å². The summed E-state index contributed by atoms with van der Waals surface area (Å²) in [6.07, 6.45) is 0.516. The Balaban J connectivity index is 1.43. The third kappa shape index (κ3) is 3.81. The second-order valence-corrected chi connectivity index (χ2v) is 6.61. The van der Waals surface area contributed by atoms with E-state index in [1.54, 1.807) is 18.2 Å². The van der Waals surface area contributed by atoms with Crippen LogP contribution in [0.25, 0.3) is 0 Å². The van der Waals surface area contributed by atoms with E-state index in [1.807, 2.05) is 30.3 Å². The predicted molar refractivity (Wildman–Crippen MR) is 102 cm³/mol. The number of aromatic amines is 1. The fraction of sp³-hybridized carbons (Fsp3) is 0.158. The topological polar surface area (TPSA) is 109 Å². The molecule has 1 aliphatic heterocycles. The number of fused-ring (bicyclic) bond motifs is 1. The minimum Gasteiger partial charge on any atom is -0.489 e. The quantitative estimate of drug-likeness (QED) is 0.625. The van der Waals surface area contributed by atoms with Gasteiger partial charge in [0.05, 0.1) is 5.02 Å². The molecule has 0 aliphatic carbocycles. The molecule has 0 saturated carbocycles. The predicted octanol–water partition coefficient (Wildman–Crippen LogP) is 2.18. The highest BCUT2D eigenvalue weighted by Crippen LogP contribution is 2.33. The van der Waals surface area contributed by atoms with Crippen LogP contribution in [0.5, 0.6) is 5.75 Å². The van der Waals surface area contributed by atoms with Gasteiger partial charge >= 0.3 is 0 Å². The summed E-state index contributed by atoms with van der Waals surface area (Å²) < 4.78 is 5.60. The van der Waals surface area contributed by atoms with Gasteiger partial charge in [0.1, 0.15) is 29.9 Å². The van der Waals surface area contributed by atoms with Crippen molar-refractivity contribution in [3.8, 4) is 5.75 Å². The lowest BCUT2D eigenvalue weighted by molar-refractivity contribution is -0.118. The minimum atomic E-state index is -0.910. The monoisotopic (exact) mass is 397 g/mol. The van der Waals surface area contributed by atoms with Crippen LogP contribution in [-0.2, 0) is 11.2 Å². The average molecular weight is 398 g/mol. The first-order valence-corrected chi connectivity index (χ1v) is 8.96. The van der Waals surface area contributed by atoms with Crippen molar-refractivity contribution in [3.05, 3.63) is 70.8 Å². The van der Waals surface area contributed by atoms with Gasteiger partial charge in [0, 0.05) is 6.42 Å². The highest BCUT2D eigenvalue weighted by molar-refractivity contribution is 6.34. The van der Waals surface area contributed by atoms with Crippen LogP contribution >= 0.6 is 11.6 Å². The van der Waals surface area contributed by atoms with Crippen molar-refractivity contribution in [3.63, 3.8) is 0 Å². The summed E-state index contributed by atoms with van der Waals surface area (Å²) in [7, 11) is 0. The van der Waals surface area contributed by atoms with Crippen LogP contribution in [0.3, 0.4) is 0 Å². The Morgan fingerprint density at radius 1 is 1.21 bits per heavy atom. The maximum absolute atomic E-state index is 12.5. The summed E-state index contributed by atoms with van der Waals surface area (Å²) in [5, 5.41) is 12.3. The summed E-state index contributed by atoms with van der Waals surface area (Å²) in [6, 6.07) is 13.8. The van der Waals surface area contributed by atoms with E-state index in [1.165, 1.54) is 0 Å². The Morgan fingerprint density at radius 3 is 2.86 bits per heavy atom. The molecule has 4 rings (SSSR count). The summed E-state index contributed by atoms with van der Waals surface area (Å²) in [6.45, 7) is -0.0355. The highest BCUT2D eigenvalue weighted by Gasteiger charge is 2.28. The summed E-state index contributed by atoms with van der Waals surface area (Å²) in [5.74, 6) is -0.0483. The number of hydrogen-bond acceptors (Lipinski definition) is 5. The average Bonchev–Trinajstić information content (AvgIpc) is 3.10. The van der Waals surface area contributed by atoms with Gasteiger partial charge in [0.25, 0.3) is 11.8 Å². The number of nitrogens with zero attached hydrogens (tertiary/aromatic N) is 2. The van der Waals surface area contributed by atoms with Crippen LogP contribution in [0.2, 0.25) is 5.02 Å². The maximum atomic E-state index is 12.5. The Kier molecular flexibility index (Phi) is 4.94. The number of rotatable bonds is 4. The zero-order valence-electron chi connectivity index (χ0n) is 14.6. The van der Waals surface area contributed by atoms with Gasteiger partial charge in [0.15, 0.2) is 0 Å². The van der Waals surface area contributed by atoms with Crippen molar-refractivity contribution in [1.29, 1.82) is 0 Å². The lowest BCUT2D eigenvalue weighted by atomic mass is 10.1. The summed E-state index contributed by atoms with van der Waals surface area (Å²) in [5.41, 5.74) is 1.42. The van der Waals surface area contributed by atoms with E-state index in [9.17, 15) is 9.59 Å². The fourth-order valence-electron chi connectivity index (χ4n) is 2.80. The Morgan fingerprint density at radius 2 is 2.04 bits per heavy atom. The van der Waals surface area contributed by atoms with Crippen molar-refractivity contribution in [2.75, 3.05) is 11.9 Å². The number of aromatic nitrogens is 3. The second kappa shape index (κ2) is 7.69. The SMILES string of the molecule is O=C(N[C@H]1COc2cccc(Cl)c2NC1=O)c1n[nH]c(Cc2ccccc2)n1. The van der Waals surface area contributed by atoms with Crippen LogP contribution in [0.4, 0.5) is 5.69 Å². The Hall–Kier alpha value is -3.39. The molecule has 0 radical (unpaired) electrons. The number of H-pyrrole nitrogens is 1. The molecule has 0 unspecified atom stereocenters. The van der Waals surface area contributed by atoms with Crippen LogP contribution in [0.15, 0.2) is 48.5 Å². The molecule has 9 heteroatoms. The van der Waals surface area contributed by atoms with Gasteiger partial charge in [0.2, 0.25) is 5.82 Å². The van der Waals surface area contributed by atoms with Crippen molar-refractivity contribution in [2.24, 2.45) is 0 Å². The van der Waals surface area contributed by atoms with Gasteiger partial charge in [-0.05, 0) is 17.7 Å². The molecule has 3 aromatic rings. The van der Waals surface area contributed by atoms with Crippen LogP contribution in [-0.4, -0.2) is 39.6 Å². The van der Waals surface area contributed by atoms with E-state index in [0.29, 0.717) is 28.7 Å². The molecule has 0 spiro atoms. The molecule has 1 atom stereocenters. The van der Waals surface area contributed by atoms with E-state index in [-0.39, 0.29) is 12.4 Å². The molecule has 2 aromatic carbocycles. The zero-order chi connectivity index (χ0) is 19.5. The zero-order valence-corrected chi connectivity index (χ0v) is 15.4. The standard InChI is InChI=1S/C19H16ClN5O3/c20-12-7-4-8-14-16(12)23-18(26)13(10-28-14)21-19(27)17-22-15(24-25-17)9-11-5-2-1-3-6-11/h1-8,13H,9-10H2,(H,21,27)(H,23,26)(H,22,24,25)/t13-/m0/s1. The number of halogens is 1.